The summed E-state index contributed by atoms with van der Waals surface area (Å²) in [6.45, 7) is 2.24. The summed E-state index contributed by atoms with van der Waals surface area (Å²) >= 11 is 0. The van der Waals surface area contributed by atoms with E-state index in [4.69, 9.17) is 9.47 Å². The first-order valence-corrected chi connectivity index (χ1v) is 11.5. The number of anilines is 2. The predicted octanol–water partition coefficient (Wildman–Crippen LogP) is 2.81. The monoisotopic (exact) mass is 432 g/mol. The van der Waals surface area contributed by atoms with Crippen LogP contribution in [0.1, 0.15) is 30.1 Å². The maximum atomic E-state index is 12.7. The van der Waals surface area contributed by atoms with E-state index >= 15 is 0 Å². The van der Waals surface area contributed by atoms with Crippen molar-refractivity contribution in [3.63, 3.8) is 0 Å². The van der Waals surface area contributed by atoms with Gasteiger partial charge in [0.05, 0.1) is 30.7 Å². The first-order chi connectivity index (χ1) is 14.3. The summed E-state index contributed by atoms with van der Waals surface area (Å²) in [6, 6.07) is 12.9. The van der Waals surface area contributed by atoms with Crippen molar-refractivity contribution >= 4 is 33.3 Å². The molecule has 2 aromatic rings. The molecule has 160 valence electrons. The number of hydrogen-bond donors (Lipinski definition) is 1. The van der Waals surface area contributed by atoms with Crippen LogP contribution in [-0.4, -0.2) is 45.8 Å². The van der Waals surface area contributed by atoms with E-state index in [9.17, 15) is 18.0 Å². The van der Waals surface area contributed by atoms with Gasteiger partial charge in [0.1, 0.15) is 5.75 Å². The summed E-state index contributed by atoms with van der Waals surface area (Å²) in [4.78, 5) is 24.6. The Morgan fingerprint density at radius 2 is 1.87 bits per heavy atom. The highest BCUT2D eigenvalue weighted by Gasteiger charge is 2.34. The van der Waals surface area contributed by atoms with E-state index in [1.54, 1.807) is 48.5 Å². The Balaban J connectivity index is 1.68. The van der Waals surface area contributed by atoms with Gasteiger partial charge in [0.15, 0.2) is 6.10 Å². The summed E-state index contributed by atoms with van der Waals surface area (Å²) in [7, 11) is -3.58. The fourth-order valence-corrected chi connectivity index (χ4v) is 3.87. The van der Waals surface area contributed by atoms with Crippen molar-refractivity contribution in [1.29, 1.82) is 0 Å². The first-order valence-electron chi connectivity index (χ1n) is 9.61. The molecule has 1 N–H and O–H groups in total. The molecule has 0 fully saturated rings. The Labute approximate surface area is 175 Å². The molecule has 0 aliphatic carbocycles. The quantitative estimate of drug-likeness (QED) is 0.533. The molecular weight excluding hydrogens is 408 g/mol. The molecule has 2 aromatic carbocycles. The van der Waals surface area contributed by atoms with Gasteiger partial charge in [0.2, 0.25) is 10.0 Å². The molecule has 1 atom stereocenters. The highest BCUT2D eigenvalue weighted by molar-refractivity contribution is 7.92. The Hall–Kier alpha value is -3.07. The van der Waals surface area contributed by atoms with Gasteiger partial charge in [-0.3, -0.25) is 9.10 Å². The van der Waals surface area contributed by atoms with Crippen molar-refractivity contribution in [2.24, 2.45) is 0 Å². The standard InChI is InChI=1S/C21H24N2O6S/c1-3-4-13-28-21(25)15-9-11-16(12-10-15)22-20(24)19-14-23(30(2,26)27)17-7-5-6-8-18(17)29-19/h5-12,19H,3-4,13-14H2,1-2H3,(H,22,24)/t19-/m1/s1. The zero-order valence-corrected chi connectivity index (χ0v) is 17.6. The number of carbonyl (C=O) groups is 2. The third kappa shape index (κ3) is 5.10. The molecule has 0 bridgehead atoms. The van der Waals surface area contributed by atoms with E-state index in [1.807, 2.05) is 6.92 Å². The highest BCUT2D eigenvalue weighted by atomic mass is 32.2. The van der Waals surface area contributed by atoms with Gasteiger partial charge in [-0.15, -0.1) is 0 Å². The number of esters is 1. The van der Waals surface area contributed by atoms with Gasteiger partial charge in [-0.2, -0.15) is 0 Å². The number of benzene rings is 2. The van der Waals surface area contributed by atoms with E-state index in [-0.39, 0.29) is 6.54 Å². The van der Waals surface area contributed by atoms with Crippen molar-refractivity contribution in [2.45, 2.75) is 25.9 Å². The van der Waals surface area contributed by atoms with Crippen LogP contribution in [0.5, 0.6) is 5.75 Å². The number of nitrogens with zero attached hydrogens (tertiary/aromatic N) is 1. The topological polar surface area (TPSA) is 102 Å². The number of fused-ring (bicyclic) bond motifs is 1. The van der Waals surface area contributed by atoms with Gasteiger partial charge in [0.25, 0.3) is 5.91 Å². The molecule has 0 aromatic heterocycles. The maximum Gasteiger partial charge on any atom is 0.338 e. The third-order valence-corrected chi connectivity index (χ3v) is 5.69. The van der Waals surface area contributed by atoms with Gasteiger partial charge in [-0.05, 0) is 42.8 Å². The fraction of sp³-hybridized carbons (Fsp3) is 0.333. The molecule has 1 aliphatic heterocycles. The maximum absolute atomic E-state index is 12.7. The normalized spacial score (nSPS) is 15.7. The minimum Gasteiger partial charge on any atom is -0.476 e. The second-order valence-electron chi connectivity index (χ2n) is 6.92. The number of para-hydroxylation sites is 2. The molecular formula is C21H24N2O6S. The Bertz CT molecular complexity index is 1020. The Kier molecular flexibility index (Phi) is 6.61. The number of unbranched alkanes of at least 4 members (excludes halogenated alkanes) is 1. The molecule has 1 amide bonds. The van der Waals surface area contributed by atoms with E-state index in [1.165, 1.54) is 0 Å². The summed E-state index contributed by atoms with van der Waals surface area (Å²) in [6.07, 6.45) is 1.80. The van der Waals surface area contributed by atoms with Crippen LogP contribution in [0.3, 0.4) is 0 Å². The highest BCUT2D eigenvalue weighted by Crippen LogP contribution is 2.34. The van der Waals surface area contributed by atoms with Crippen LogP contribution in [0.25, 0.3) is 0 Å². The number of amides is 1. The van der Waals surface area contributed by atoms with Crippen molar-refractivity contribution < 1.29 is 27.5 Å². The second kappa shape index (κ2) is 9.17. The van der Waals surface area contributed by atoms with E-state index in [2.05, 4.69) is 5.32 Å². The smallest absolute Gasteiger partial charge is 0.338 e. The lowest BCUT2D eigenvalue weighted by Gasteiger charge is -2.33. The summed E-state index contributed by atoms with van der Waals surface area (Å²) in [5, 5.41) is 2.70. The molecule has 8 nitrogen and oxygen atoms in total. The zero-order valence-electron chi connectivity index (χ0n) is 16.8. The van der Waals surface area contributed by atoms with Crippen LogP contribution in [0.4, 0.5) is 11.4 Å². The number of hydrogen-bond acceptors (Lipinski definition) is 6. The Morgan fingerprint density at radius 1 is 1.17 bits per heavy atom. The number of carbonyl (C=O) groups excluding carboxylic acids is 2. The molecule has 30 heavy (non-hydrogen) atoms. The molecule has 0 saturated heterocycles. The minimum atomic E-state index is -3.58. The van der Waals surface area contributed by atoms with E-state index in [0.717, 1.165) is 23.4 Å². The van der Waals surface area contributed by atoms with Crippen molar-refractivity contribution in [2.75, 3.05) is 29.0 Å². The number of rotatable bonds is 7. The minimum absolute atomic E-state index is 0.135. The average Bonchev–Trinajstić information content (AvgIpc) is 2.72. The fourth-order valence-electron chi connectivity index (χ4n) is 2.96. The van der Waals surface area contributed by atoms with Crippen molar-refractivity contribution in [3.05, 3.63) is 54.1 Å². The van der Waals surface area contributed by atoms with Crippen molar-refractivity contribution in [1.82, 2.24) is 0 Å². The summed E-state index contributed by atoms with van der Waals surface area (Å²) in [5.41, 5.74) is 1.24. The van der Waals surface area contributed by atoms with Crippen LogP contribution in [0.2, 0.25) is 0 Å². The van der Waals surface area contributed by atoms with E-state index < -0.39 is 28.0 Å². The summed E-state index contributed by atoms with van der Waals surface area (Å²) in [5.74, 6) is -0.590. The molecule has 3 rings (SSSR count). The largest absolute Gasteiger partial charge is 0.476 e. The molecule has 0 radical (unpaired) electrons. The molecule has 1 aliphatic rings. The molecule has 9 heteroatoms. The van der Waals surface area contributed by atoms with Crippen LogP contribution in [0, 0.1) is 0 Å². The lowest BCUT2D eigenvalue weighted by atomic mass is 10.2. The number of nitrogens with one attached hydrogen (secondary N) is 1. The van der Waals surface area contributed by atoms with Gasteiger partial charge in [-0.25, -0.2) is 13.2 Å². The van der Waals surface area contributed by atoms with Crippen LogP contribution < -0.4 is 14.4 Å². The van der Waals surface area contributed by atoms with Gasteiger partial charge < -0.3 is 14.8 Å². The number of ether oxygens (including phenoxy) is 2. The zero-order chi connectivity index (χ0) is 21.7. The lowest BCUT2D eigenvalue weighted by molar-refractivity contribution is -0.122. The molecule has 1 heterocycles. The third-order valence-electron chi connectivity index (χ3n) is 4.55. The first kappa shape index (κ1) is 21.6. The molecule has 0 unspecified atom stereocenters. The lowest BCUT2D eigenvalue weighted by Crippen LogP contribution is -2.48. The second-order valence-corrected chi connectivity index (χ2v) is 8.83. The Morgan fingerprint density at radius 3 is 2.53 bits per heavy atom. The molecule has 0 spiro atoms. The van der Waals surface area contributed by atoms with Crippen molar-refractivity contribution in [3.8, 4) is 5.75 Å². The van der Waals surface area contributed by atoms with Gasteiger partial charge in [0, 0.05) is 5.69 Å². The molecule has 0 saturated carbocycles. The predicted molar refractivity (Wildman–Crippen MR) is 113 cm³/mol. The van der Waals surface area contributed by atoms with Crippen LogP contribution in [0.15, 0.2) is 48.5 Å². The van der Waals surface area contributed by atoms with Crippen LogP contribution in [-0.2, 0) is 19.6 Å². The SMILES string of the molecule is CCCCOC(=O)c1ccc(NC(=O)[C@H]2CN(S(C)(=O)=O)c3ccccc3O2)cc1. The number of sulfonamides is 1. The van der Waals surface area contributed by atoms with Crippen LogP contribution >= 0.6 is 0 Å². The average molecular weight is 432 g/mol. The van der Waals surface area contributed by atoms with Gasteiger partial charge >= 0.3 is 5.97 Å². The summed E-state index contributed by atoms with van der Waals surface area (Å²) < 4.78 is 36.4. The van der Waals surface area contributed by atoms with E-state index in [0.29, 0.717) is 29.3 Å². The van der Waals surface area contributed by atoms with Gasteiger partial charge in [-0.1, -0.05) is 25.5 Å².